The molecule has 1 heterocycles. The quantitative estimate of drug-likeness (QED) is 0.815. The smallest absolute Gasteiger partial charge is 0.303 e. The average Bonchev–Trinajstić information content (AvgIpc) is 2.60. The van der Waals surface area contributed by atoms with Crippen molar-refractivity contribution < 1.29 is 24.2 Å². The zero-order valence-electron chi connectivity index (χ0n) is 14.2. The molecule has 24 heavy (non-hydrogen) atoms. The Labute approximate surface area is 141 Å². The Kier molecular flexibility index (Phi) is 6.28. The van der Waals surface area contributed by atoms with Gasteiger partial charge >= 0.3 is 5.97 Å². The summed E-state index contributed by atoms with van der Waals surface area (Å²) in [5.74, 6) is 0.648. The standard InChI is InChI=1S/C17H24N2O5/c1-23-13-6-7-14(15(12-13)24-2)18-8-10-19(11-9-18)16(20)4-3-5-17(21)22/h6-7,12H,3-5,8-11H2,1-2H3,(H,21,22). The number of nitrogens with zero attached hydrogens (tertiary/aromatic N) is 2. The molecule has 0 unspecified atom stereocenters. The van der Waals surface area contributed by atoms with Crippen LogP contribution in [0, 0.1) is 0 Å². The van der Waals surface area contributed by atoms with E-state index in [2.05, 4.69) is 4.90 Å². The number of piperazine rings is 1. The highest BCUT2D eigenvalue weighted by molar-refractivity contribution is 5.77. The van der Waals surface area contributed by atoms with Crippen LogP contribution in [0.4, 0.5) is 5.69 Å². The second-order valence-electron chi connectivity index (χ2n) is 5.65. The van der Waals surface area contributed by atoms with E-state index >= 15 is 0 Å². The molecule has 0 bridgehead atoms. The first-order valence-corrected chi connectivity index (χ1v) is 8.01. The average molecular weight is 336 g/mol. The van der Waals surface area contributed by atoms with Crippen molar-refractivity contribution in [3.63, 3.8) is 0 Å². The Morgan fingerprint density at radius 1 is 1.08 bits per heavy atom. The number of amides is 1. The summed E-state index contributed by atoms with van der Waals surface area (Å²) in [4.78, 5) is 26.6. The highest BCUT2D eigenvalue weighted by Crippen LogP contribution is 2.32. The number of carboxylic acid groups (broad SMARTS) is 1. The van der Waals surface area contributed by atoms with Crippen LogP contribution in [0.15, 0.2) is 18.2 Å². The summed E-state index contributed by atoms with van der Waals surface area (Å²) < 4.78 is 10.6. The molecule has 1 amide bonds. The summed E-state index contributed by atoms with van der Waals surface area (Å²) in [6, 6.07) is 5.70. The van der Waals surface area contributed by atoms with Crippen LogP contribution in [-0.4, -0.2) is 62.3 Å². The van der Waals surface area contributed by atoms with Crippen LogP contribution < -0.4 is 14.4 Å². The number of anilines is 1. The fraction of sp³-hybridized carbons (Fsp3) is 0.529. The molecule has 0 radical (unpaired) electrons. The highest BCUT2D eigenvalue weighted by Gasteiger charge is 2.23. The normalized spacial score (nSPS) is 14.4. The van der Waals surface area contributed by atoms with Crippen LogP contribution in [-0.2, 0) is 9.59 Å². The zero-order chi connectivity index (χ0) is 17.5. The lowest BCUT2D eigenvalue weighted by molar-refractivity contribution is -0.137. The summed E-state index contributed by atoms with van der Waals surface area (Å²) in [6.07, 6.45) is 0.716. The molecule has 0 saturated carbocycles. The van der Waals surface area contributed by atoms with Crippen molar-refractivity contribution in [1.29, 1.82) is 0 Å². The van der Waals surface area contributed by atoms with Crippen LogP contribution in [0.1, 0.15) is 19.3 Å². The number of hydrogen-bond donors (Lipinski definition) is 1. The first kappa shape index (κ1) is 17.9. The number of carbonyl (C=O) groups excluding carboxylic acids is 1. The number of aliphatic carboxylic acids is 1. The van der Waals surface area contributed by atoms with Crippen molar-refractivity contribution in [3.8, 4) is 11.5 Å². The molecule has 7 nitrogen and oxygen atoms in total. The third-order valence-electron chi connectivity index (χ3n) is 4.14. The van der Waals surface area contributed by atoms with Crippen LogP contribution in [0.2, 0.25) is 0 Å². The minimum atomic E-state index is -0.862. The fourth-order valence-corrected chi connectivity index (χ4v) is 2.79. The van der Waals surface area contributed by atoms with Gasteiger partial charge in [-0.1, -0.05) is 0 Å². The molecule has 1 aliphatic rings. The van der Waals surface area contributed by atoms with Gasteiger partial charge in [0.05, 0.1) is 19.9 Å². The maximum atomic E-state index is 12.1. The van der Waals surface area contributed by atoms with E-state index in [1.807, 2.05) is 18.2 Å². The molecule has 1 aromatic carbocycles. The molecule has 0 spiro atoms. The van der Waals surface area contributed by atoms with Gasteiger partial charge in [0.15, 0.2) is 0 Å². The summed E-state index contributed by atoms with van der Waals surface area (Å²) in [6.45, 7) is 2.68. The topological polar surface area (TPSA) is 79.3 Å². The fourth-order valence-electron chi connectivity index (χ4n) is 2.79. The Bertz CT molecular complexity index is 582. The van der Waals surface area contributed by atoms with Gasteiger partial charge in [-0.05, 0) is 18.6 Å². The van der Waals surface area contributed by atoms with Gasteiger partial charge in [0.1, 0.15) is 11.5 Å². The molecule has 1 aromatic rings. The molecule has 1 saturated heterocycles. The summed E-state index contributed by atoms with van der Waals surface area (Å²) >= 11 is 0. The van der Waals surface area contributed by atoms with Crippen molar-refractivity contribution in [1.82, 2.24) is 4.90 Å². The minimum absolute atomic E-state index is 0.0256. The number of benzene rings is 1. The summed E-state index contributed by atoms with van der Waals surface area (Å²) in [5.41, 5.74) is 0.983. The summed E-state index contributed by atoms with van der Waals surface area (Å²) in [5, 5.41) is 8.63. The SMILES string of the molecule is COc1ccc(N2CCN(C(=O)CCCC(=O)O)CC2)c(OC)c1. The number of carboxylic acids is 1. The first-order valence-electron chi connectivity index (χ1n) is 8.01. The van der Waals surface area contributed by atoms with Gasteiger partial charge in [0, 0.05) is 45.1 Å². The van der Waals surface area contributed by atoms with Crippen molar-refractivity contribution in [2.45, 2.75) is 19.3 Å². The molecule has 7 heteroatoms. The van der Waals surface area contributed by atoms with Crippen molar-refractivity contribution >= 4 is 17.6 Å². The van der Waals surface area contributed by atoms with Crippen LogP contribution in [0.25, 0.3) is 0 Å². The lowest BCUT2D eigenvalue weighted by Crippen LogP contribution is -2.48. The molecule has 132 valence electrons. The van der Waals surface area contributed by atoms with E-state index in [-0.39, 0.29) is 18.7 Å². The zero-order valence-corrected chi connectivity index (χ0v) is 14.2. The number of carbonyl (C=O) groups is 2. The van der Waals surface area contributed by atoms with Crippen molar-refractivity contribution in [2.75, 3.05) is 45.3 Å². The minimum Gasteiger partial charge on any atom is -0.497 e. The van der Waals surface area contributed by atoms with Gasteiger partial charge in [-0.3, -0.25) is 9.59 Å². The third kappa shape index (κ3) is 4.53. The number of ether oxygens (including phenoxy) is 2. The Morgan fingerprint density at radius 2 is 1.79 bits per heavy atom. The lowest BCUT2D eigenvalue weighted by atomic mass is 10.2. The van der Waals surface area contributed by atoms with E-state index in [9.17, 15) is 9.59 Å². The van der Waals surface area contributed by atoms with Gasteiger partial charge in [-0.25, -0.2) is 0 Å². The predicted octanol–water partition coefficient (Wildman–Crippen LogP) is 1.61. The van der Waals surface area contributed by atoms with E-state index in [0.29, 0.717) is 32.6 Å². The lowest BCUT2D eigenvalue weighted by Gasteiger charge is -2.36. The van der Waals surface area contributed by atoms with Gasteiger partial charge in [-0.15, -0.1) is 0 Å². The van der Waals surface area contributed by atoms with Crippen LogP contribution >= 0.6 is 0 Å². The Hall–Kier alpha value is -2.44. The molecule has 0 aromatic heterocycles. The van der Waals surface area contributed by atoms with Gasteiger partial charge in [0.25, 0.3) is 0 Å². The van der Waals surface area contributed by atoms with Gasteiger partial charge in [-0.2, -0.15) is 0 Å². The maximum absolute atomic E-state index is 12.1. The van der Waals surface area contributed by atoms with E-state index in [1.165, 1.54) is 0 Å². The second kappa shape index (κ2) is 8.42. The first-order chi connectivity index (χ1) is 11.5. The molecular formula is C17H24N2O5. The third-order valence-corrected chi connectivity index (χ3v) is 4.14. The van der Waals surface area contributed by atoms with Crippen molar-refractivity contribution in [3.05, 3.63) is 18.2 Å². The van der Waals surface area contributed by atoms with Crippen LogP contribution in [0.3, 0.4) is 0 Å². The van der Waals surface area contributed by atoms with E-state index < -0.39 is 5.97 Å². The maximum Gasteiger partial charge on any atom is 0.303 e. The highest BCUT2D eigenvalue weighted by atomic mass is 16.5. The Balaban J connectivity index is 1.90. The summed E-state index contributed by atoms with van der Waals surface area (Å²) in [7, 11) is 3.24. The molecule has 2 rings (SSSR count). The number of methoxy groups -OCH3 is 2. The molecule has 0 aliphatic carbocycles. The van der Waals surface area contributed by atoms with E-state index in [0.717, 1.165) is 17.2 Å². The predicted molar refractivity (Wildman–Crippen MR) is 89.8 cm³/mol. The van der Waals surface area contributed by atoms with Crippen LogP contribution in [0.5, 0.6) is 11.5 Å². The second-order valence-corrected chi connectivity index (χ2v) is 5.65. The number of rotatable bonds is 7. The van der Waals surface area contributed by atoms with Gasteiger partial charge < -0.3 is 24.4 Å². The number of hydrogen-bond acceptors (Lipinski definition) is 5. The monoisotopic (exact) mass is 336 g/mol. The largest absolute Gasteiger partial charge is 0.497 e. The van der Waals surface area contributed by atoms with Crippen molar-refractivity contribution in [2.24, 2.45) is 0 Å². The molecule has 1 aliphatic heterocycles. The molecule has 1 fully saturated rings. The molecule has 0 atom stereocenters. The molecule has 1 N–H and O–H groups in total. The van der Waals surface area contributed by atoms with Gasteiger partial charge in [0.2, 0.25) is 5.91 Å². The van der Waals surface area contributed by atoms with E-state index in [4.69, 9.17) is 14.6 Å². The molecular weight excluding hydrogens is 312 g/mol. The Morgan fingerprint density at radius 3 is 2.38 bits per heavy atom. The van der Waals surface area contributed by atoms with E-state index in [1.54, 1.807) is 19.1 Å².